The lowest BCUT2D eigenvalue weighted by atomic mass is 9.89. The first kappa shape index (κ1) is 20.9. The van der Waals surface area contributed by atoms with Crippen LogP contribution < -0.4 is 5.32 Å². The summed E-state index contributed by atoms with van der Waals surface area (Å²) in [5, 5.41) is 3.52. The van der Waals surface area contributed by atoms with Gasteiger partial charge in [-0.1, -0.05) is 42.0 Å². The maximum absolute atomic E-state index is 5.60. The summed E-state index contributed by atoms with van der Waals surface area (Å²) in [6.07, 6.45) is 6.65. The van der Waals surface area contributed by atoms with Gasteiger partial charge in [0.2, 0.25) is 0 Å². The quantitative estimate of drug-likeness (QED) is 0.625. The number of rotatable bonds is 5. The molecule has 0 unspecified atom stereocenters. The van der Waals surface area contributed by atoms with Crippen molar-refractivity contribution < 1.29 is 4.74 Å². The van der Waals surface area contributed by atoms with Crippen molar-refractivity contribution in [2.24, 2.45) is 4.99 Å². The van der Waals surface area contributed by atoms with Gasteiger partial charge in [-0.05, 0) is 52.3 Å². The molecule has 0 radical (unpaired) electrons. The van der Waals surface area contributed by atoms with Gasteiger partial charge in [0.15, 0.2) is 5.96 Å². The fraction of sp³-hybridized carbons (Fsp3) is 0.609. The van der Waals surface area contributed by atoms with Crippen molar-refractivity contribution in [1.82, 2.24) is 15.1 Å². The second kappa shape index (κ2) is 10.1. The molecule has 3 rings (SSSR count). The van der Waals surface area contributed by atoms with Crippen LogP contribution in [0.3, 0.4) is 0 Å². The number of hydrogen-bond acceptors (Lipinski definition) is 3. The van der Waals surface area contributed by atoms with Crippen molar-refractivity contribution in [3.8, 4) is 0 Å². The molecule has 0 aromatic heterocycles. The predicted molar refractivity (Wildman–Crippen MR) is 118 cm³/mol. The van der Waals surface area contributed by atoms with E-state index in [1.165, 1.54) is 11.1 Å². The molecule has 5 heteroatoms. The van der Waals surface area contributed by atoms with Gasteiger partial charge in [-0.15, -0.1) is 0 Å². The number of nitrogens with one attached hydrogen (secondary N) is 1. The molecule has 0 atom stereocenters. The lowest BCUT2D eigenvalue weighted by Gasteiger charge is -2.42. The lowest BCUT2D eigenvalue weighted by molar-refractivity contribution is -0.00264. The highest BCUT2D eigenvalue weighted by molar-refractivity contribution is 5.80. The molecule has 2 aliphatic heterocycles. The van der Waals surface area contributed by atoms with Crippen LogP contribution in [0.25, 0.3) is 6.08 Å². The molecule has 0 amide bonds. The second-order valence-electron chi connectivity index (χ2n) is 8.10. The zero-order valence-electron chi connectivity index (χ0n) is 17.8. The molecule has 0 saturated carbocycles. The molecule has 2 heterocycles. The third kappa shape index (κ3) is 5.36. The number of likely N-dealkylation sites (tertiary alicyclic amines) is 1. The SMILES string of the molecule is CCNC(=NCC1(N(C)C)CCOCC1)N1CCC(=Cc2ccccc2)CC1. The summed E-state index contributed by atoms with van der Waals surface area (Å²) >= 11 is 0. The Bertz CT molecular complexity index is 652. The smallest absolute Gasteiger partial charge is 0.194 e. The first-order valence-corrected chi connectivity index (χ1v) is 10.7. The third-order valence-corrected chi connectivity index (χ3v) is 6.11. The predicted octanol–water partition coefficient (Wildman–Crippen LogP) is 3.24. The topological polar surface area (TPSA) is 40.1 Å². The fourth-order valence-corrected chi connectivity index (χ4v) is 4.08. The Kier molecular flexibility index (Phi) is 7.51. The van der Waals surface area contributed by atoms with Crippen LogP contribution >= 0.6 is 0 Å². The second-order valence-corrected chi connectivity index (χ2v) is 8.10. The Morgan fingerprint density at radius 3 is 2.46 bits per heavy atom. The molecule has 1 N–H and O–H groups in total. The molecule has 0 aliphatic carbocycles. The van der Waals surface area contributed by atoms with Crippen LogP contribution in [0.4, 0.5) is 0 Å². The monoisotopic (exact) mass is 384 g/mol. The zero-order chi connectivity index (χ0) is 19.8. The number of nitrogens with zero attached hydrogens (tertiary/aromatic N) is 3. The molecule has 5 nitrogen and oxygen atoms in total. The van der Waals surface area contributed by atoms with Crippen molar-refractivity contribution in [3.05, 3.63) is 41.5 Å². The molecular formula is C23H36N4O. The molecule has 1 aromatic carbocycles. The molecule has 2 saturated heterocycles. The van der Waals surface area contributed by atoms with E-state index in [-0.39, 0.29) is 5.54 Å². The molecular weight excluding hydrogens is 348 g/mol. The zero-order valence-corrected chi connectivity index (χ0v) is 17.8. The van der Waals surface area contributed by atoms with Crippen molar-refractivity contribution in [2.75, 3.05) is 53.5 Å². The largest absolute Gasteiger partial charge is 0.381 e. The van der Waals surface area contributed by atoms with Gasteiger partial charge in [-0.25, -0.2) is 0 Å². The summed E-state index contributed by atoms with van der Waals surface area (Å²) in [4.78, 5) is 9.85. The van der Waals surface area contributed by atoms with Crippen LogP contribution in [0.5, 0.6) is 0 Å². The van der Waals surface area contributed by atoms with Crippen LogP contribution in [0.2, 0.25) is 0 Å². The number of hydrogen-bond donors (Lipinski definition) is 1. The molecule has 0 bridgehead atoms. The summed E-state index contributed by atoms with van der Waals surface area (Å²) < 4.78 is 5.60. The molecule has 1 aromatic rings. The number of guanidine groups is 1. The number of likely N-dealkylation sites (N-methyl/N-ethyl adjacent to an activating group) is 1. The van der Waals surface area contributed by atoms with E-state index in [4.69, 9.17) is 9.73 Å². The molecule has 2 fully saturated rings. The molecule has 28 heavy (non-hydrogen) atoms. The fourth-order valence-electron chi connectivity index (χ4n) is 4.08. The number of aliphatic imine (C=N–C) groups is 1. The third-order valence-electron chi connectivity index (χ3n) is 6.11. The first-order valence-electron chi connectivity index (χ1n) is 10.7. The lowest BCUT2D eigenvalue weighted by Crippen LogP contribution is -2.52. The van der Waals surface area contributed by atoms with E-state index in [1.807, 2.05) is 0 Å². The van der Waals surface area contributed by atoms with E-state index in [9.17, 15) is 0 Å². The van der Waals surface area contributed by atoms with E-state index >= 15 is 0 Å². The first-order chi connectivity index (χ1) is 13.6. The standard InChI is InChI=1S/C23H36N4O/c1-4-24-22(25-19-23(26(2)3)12-16-28-17-13-23)27-14-10-21(11-15-27)18-20-8-6-5-7-9-20/h5-9,18H,4,10-17,19H2,1-3H3,(H,24,25). The Morgan fingerprint density at radius 1 is 1.18 bits per heavy atom. The van der Waals surface area contributed by atoms with Crippen LogP contribution in [0.1, 0.15) is 38.2 Å². The summed E-state index contributed by atoms with van der Waals surface area (Å²) in [5.74, 6) is 1.06. The van der Waals surface area contributed by atoms with Gasteiger partial charge in [0.05, 0.1) is 6.54 Å². The van der Waals surface area contributed by atoms with E-state index in [0.717, 1.165) is 71.0 Å². The highest BCUT2D eigenvalue weighted by Gasteiger charge is 2.35. The van der Waals surface area contributed by atoms with E-state index in [0.29, 0.717) is 0 Å². The number of piperidine rings is 1. The maximum Gasteiger partial charge on any atom is 0.194 e. The van der Waals surface area contributed by atoms with E-state index in [2.05, 4.69) is 72.5 Å². The summed E-state index contributed by atoms with van der Waals surface area (Å²) in [6, 6.07) is 10.6. The van der Waals surface area contributed by atoms with Gasteiger partial charge < -0.3 is 19.9 Å². The minimum atomic E-state index is 0.118. The summed E-state index contributed by atoms with van der Waals surface area (Å²) in [7, 11) is 4.35. The van der Waals surface area contributed by atoms with Crippen LogP contribution in [0.15, 0.2) is 40.9 Å². The maximum atomic E-state index is 5.60. The van der Waals surface area contributed by atoms with E-state index < -0.39 is 0 Å². The van der Waals surface area contributed by atoms with Gasteiger partial charge >= 0.3 is 0 Å². The van der Waals surface area contributed by atoms with Crippen molar-refractivity contribution in [2.45, 2.75) is 38.1 Å². The van der Waals surface area contributed by atoms with Gasteiger partial charge in [0, 0.05) is 38.4 Å². The molecule has 0 spiro atoms. The van der Waals surface area contributed by atoms with Gasteiger partial charge in [0.25, 0.3) is 0 Å². The Balaban J connectivity index is 1.64. The normalized spacial score (nSPS) is 20.4. The minimum Gasteiger partial charge on any atom is -0.381 e. The summed E-state index contributed by atoms with van der Waals surface area (Å²) in [5.41, 5.74) is 2.96. The van der Waals surface area contributed by atoms with Crippen molar-refractivity contribution in [1.29, 1.82) is 0 Å². The average molecular weight is 385 g/mol. The molecule has 154 valence electrons. The highest BCUT2D eigenvalue weighted by Crippen LogP contribution is 2.26. The minimum absolute atomic E-state index is 0.118. The summed E-state index contributed by atoms with van der Waals surface area (Å²) in [6.45, 7) is 7.61. The van der Waals surface area contributed by atoms with E-state index in [1.54, 1.807) is 0 Å². The van der Waals surface area contributed by atoms with Crippen LogP contribution in [-0.4, -0.2) is 74.8 Å². The molecule has 2 aliphatic rings. The van der Waals surface area contributed by atoms with Crippen LogP contribution in [0, 0.1) is 0 Å². The highest BCUT2D eigenvalue weighted by atomic mass is 16.5. The van der Waals surface area contributed by atoms with Crippen molar-refractivity contribution in [3.63, 3.8) is 0 Å². The Morgan fingerprint density at radius 2 is 1.86 bits per heavy atom. The van der Waals surface area contributed by atoms with Gasteiger partial charge in [-0.3, -0.25) is 4.99 Å². The average Bonchev–Trinajstić information content (AvgIpc) is 2.73. The number of ether oxygens (including phenoxy) is 1. The Labute approximate surface area is 170 Å². The Hall–Kier alpha value is -1.85. The van der Waals surface area contributed by atoms with Gasteiger partial charge in [0.1, 0.15) is 0 Å². The number of benzene rings is 1. The van der Waals surface area contributed by atoms with Crippen molar-refractivity contribution >= 4 is 12.0 Å². The van der Waals surface area contributed by atoms with Crippen LogP contribution in [-0.2, 0) is 4.74 Å². The van der Waals surface area contributed by atoms with Gasteiger partial charge in [-0.2, -0.15) is 0 Å².